The van der Waals surface area contributed by atoms with Crippen LogP contribution in [0.25, 0.3) is 32.7 Å². The maximum atomic E-state index is 9.34. The van der Waals surface area contributed by atoms with Crippen molar-refractivity contribution >= 4 is 33.1 Å². The van der Waals surface area contributed by atoms with Gasteiger partial charge in [-0.05, 0) is 70.7 Å². The van der Waals surface area contributed by atoms with Crippen molar-refractivity contribution in [1.29, 1.82) is 5.26 Å². The monoisotopic (exact) mass is 367 g/mol. The Balaban J connectivity index is 1.97. The van der Waals surface area contributed by atoms with Gasteiger partial charge in [0.25, 0.3) is 0 Å². The number of hydrogen-bond acceptors (Lipinski definition) is 1. The van der Waals surface area contributed by atoms with Gasteiger partial charge in [0.05, 0.1) is 16.7 Å². The van der Waals surface area contributed by atoms with Crippen LogP contribution in [0.3, 0.4) is 0 Å². The van der Waals surface area contributed by atoms with Crippen LogP contribution < -0.4 is 0 Å². The molecule has 1 nitrogen and oxygen atoms in total. The lowest BCUT2D eigenvalue weighted by atomic mass is 9.84. The van der Waals surface area contributed by atoms with Crippen molar-refractivity contribution in [3.63, 3.8) is 0 Å². The van der Waals surface area contributed by atoms with Crippen molar-refractivity contribution in [1.82, 2.24) is 0 Å². The van der Waals surface area contributed by atoms with Gasteiger partial charge in [-0.15, -0.1) is 0 Å². The molecule has 0 heterocycles. The Morgan fingerprint density at radius 2 is 1.63 bits per heavy atom. The summed E-state index contributed by atoms with van der Waals surface area (Å²) in [4.78, 5) is 0. The molecule has 1 aliphatic rings. The molecule has 0 spiro atoms. The molecule has 0 bridgehead atoms. The summed E-state index contributed by atoms with van der Waals surface area (Å²) in [6, 6.07) is 23.0. The average molecular weight is 368 g/mol. The lowest BCUT2D eigenvalue weighted by Gasteiger charge is -2.22. The Kier molecular flexibility index (Phi) is 3.88. The number of benzene rings is 4. The van der Waals surface area contributed by atoms with Crippen molar-refractivity contribution in [2.24, 2.45) is 0 Å². The fourth-order valence-corrected chi connectivity index (χ4v) is 4.94. The van der Waals surface area contributed by atoms with E-state index in [4.69, 9.17) is 11.6 Å². The highest BCUT2D eigenvalue weighted by atomic mass is 35.5. The summed E-state index contributed by atoms with van der Waals surface area (Å²) < 4.78 is 0. The Morgan fingerprint density at radius 1 is 0.815 bits per heavy atom. The van der Waals surface area contributed by atoms with Crippen LogP contribution in [-0.2, 0) is 12.8 Å². The third kappa shape index (κ3) is 2.52. The minimum atomic E-state index is 0.655. The molecule has 27 heavy (non-hydrogen) atoms. The van der Waals surface area contributed by atoms with Gasteiger partial charge in [-0.3, -0.25) is 0 Å². The van der Waals surface area contributed by atoms with Gasteiger partial charge < -0.3 is 0 Å². The molecule has 0 aliphatic heterocycles. The molecular formula is C25H18ClN. The number of nitrogens with zero attached hydrogens (tertiary/aromatic N) is 1. The first-order chi connectivity index (χ1) is 13.3. The Bertz CT molecular complexity index is 1250. The highest BCUT2D eigenvalue weighted by Gasteiger charge is 2.20. The highest BCUT2D eigenvalue weighted by molar-refractivity contribution is 6.42. The molecule has 0 unspecified atom stereocenters. The zero-order valence-corrected chi connectivity index (χ0v) is 15.7. The van der Waals surface area contributed by atoms with Crippen molar-refractivity contribution < 1.29 is 0 Å². The van der Waals surface area contributed by atoms with Crippen LogP contribution >= 0.6 is 11.6 Å². The molecule has 0 radical (unpaired) electrons. The lowest BCUT2D eigenvalue weighted by Crippen LogP contribution is -2.04. The molecule has 0 N–H and O–H groups in total. The first-order valence-electron chi connectivity index (χ1n) is 9.43. The molecule has 0 saturated carbocycles. The Labute approximate surface area is 163 Å². The molecule has 4 aromatic rings. The van der Waals surface area contributed by atoms with Crippen LogP contribution in [-0.4, -0.2) is 0 Å². The summed E-state index contributed by atoms with van der Waals surface area (Å²) in [5.74, 6) is 0. The van der Waals surface area contributed by atoms with Gasteiger partial charge in [0.1, 0.15) is 0 Å². The van der Waals surface area contributed by atoms with Crippen LogP contribution in [0.1, 0.15) is 29.5 Å². The number of rotatable bonds is 1. The molecule has 4 aromatic carbocycles. The summed E-state index contributed by atoms with van der Waals surface area (Å²) in [6.07, 6.45) is 4.69. The molecule has 130 valence electrons. The zero-order chi connectivity index (χ0) is 18.4. The van der Waals surface area contributed by atoms with E-state index in [0.29, 0.717) is 5.56 Å². The zero-order valence-electron chi connectivity index (χ0n) is 14.9. The van der Waals surface area contributed by atoms with E-state index < -0.39 is 0 Å². The smallest absolute Gasteiger partial charge is 0.0991 e. The largest absolute Gasteiger partial charge is 0.192 e. The van der Waals surface area contributed by atoms with Crippen LogP contribution in [0.2, 0.25) is 5.02 Å². The first kappa shape index (κ1) is 16.4. The second kappa shape index (κ2) is 6.41. The fourth-order valence-electron chi connectivity index (χ4n) is 4.51. The van der Waals surface area contributed by atoms with Crippen molar-refractivity contribution in [2.45, 2.75) is 25.7 Å². The van der Waals surface area contributed by atoms with Gasteiger partial charge in [-0.25, -0.2) is 0 Å². The van der Waals surface area contributed by atoms with E-state index in [1.165, 1.54) is 40.1 Å². The second-order valence-corrected chi connectivity index (χ2v) is 7.64. The standard InChI is InChI=1S/C25H18ClN/c26-25-23(18-8-5-6-16(14-18)15-27)21-11-4-3-10-20(21)22-13-12-17-7-1-2-9-19(17)24(22)25/h3-6,8,10-14H,1-2,7,9H2. The second-order valence-electron chi connectivity index (χ2n) is 7.26. The molecule has 2 heteroatoms. The molecule has 5 rings (SSSR count). The van der Waals surface area contributed by atoms with Gasteiger partial charge in [-0.1, -0.05) is 60.1 Å². The van der Waals surface area contributed by atoms with Crippen LogP contribution in [0.5, 0.6) is 0 Å². The van der Waals surface area contributed by atoms with E-state index in [1.807, 2.05) is 18.2 Å². The quantitative estimate of drug-likeness (QED) is 0.330. The minimum absolute atomic E-state index is 0.655. The first-order valence-corrected chi connectivity index (χ1v) is 9.81. The van der Waals surface area contributed by atoms with E-state index >= 15 is 0 Å². The van der Waals surface area contributed by atoms with Crippen molar-refractivity contribution in [3.8, 4) is 17.2 Å². The summed E-state index contributed by atoms with van der Waals surface area (Å²) in [6.45, 7) is 0. The predicted octanol–water partition coefficient (Wildman–Crippen LogP) is 7.06. The number of aryl methyl sites for hydroxylation is 2. The topological polar surface area (TPSA) is 23.8 Å². The van der Waals surface area contributed by atoms with Crippen LogP contribution in [0.15, 0.2) is 60.7 Å². The lowest BCUT2D eigenvalue weighted by molar-refractivity contribution is 0.690. The molecule has 0 atom stereocenters. The third-order valence-corrected chi connectivity index (χ3v) is 6.12. The van der Waals surface area contributed by atoms with Gasteiger partial charge >= 0.3 is 0 Å². The molecular weight excluding hydrogens is 350 g/mol. The van der Waals surface area contributed by atoms with E-state index in [1.54, 1.807) is 0 Å². The maximum Gasteiger partial charge on any atom is 0.0991 e. The molecule has 0 amide bonds. The van der Waals surface area contributed by atoms with E-state index in [-0.39, 0.29) is 0 Å². The van der Waals surface area contributed by atoms with E-state index in [0.717, 1.165) is 34.4 Å². The van der Waals surface area contributed by atoms with Crippen molar-refractivity contribution in [2.75, 3.05) is 0 Å². The maximum absolute atomic E-state index is 9.34. The number of nitriles is 1. The number of hydrogen-bond donors (Lipinski definition) is 0. The van der Waals surface area contributed by atoms with Crippen molar-refractivity contribution in [3.05, 3.63) is 82.4 Å². The summed E-state index contributed by atoms with van der Waals surface area (Å²) in [5, 5.41) is 15.0. The Hall–Kier alpha value is -2.82. The summed E-state index contributed by atoms with van der Waals surface area (Å²) in [7, 11) is 0. The molecule has 0 saturated heterocycles. The van der Waals surface area contributed by atoms with Crippen LogP contribution in [0.4, 0.5) is 0 Å². The number of fused-ring (bicyclic) bond motifs is 5. The van der Waals surface area contributed by atoms with Gasteiger partial charge in [0.2, 0.25) is 0 Å². The average Bonchev–Trinajstić information content (AvgIpc) is 2.73. The van der Waals surface area contributed by atoms with Gasteiger partial charge in [0.15, 0.2) is 0 Å². The molecule has 1 aliphatic carbocycles. The molecule has 0 aromatic heterocycles. The van der Waals surface area contributed by atoms with Gasteiger partial charge in [-0.2, -0.15) is 5.26 Å². The molecule has 0 fully saturated rings. The third-order valence-electron chi connectivity index (χ3n) is 5.74. The Morgan fingerprint density at radius 3 is 2.48 bits per heavy atom. The number of halogens is 1. The van der Waals surface area contributed by atoms with Gasteiger partial charge in [0, 0.05) is 10.9 Å². The summed E-state index contributed by atoms with van der Waals surface area (Å²) >= 11 is 7.10. The fraction of sp³-hybridized carbons (Fsp3) is 0.160. The predicted molar refractivity (Wildman–Crippen MR) is 113 cm³/mol. The normalized spacial score (nSPS) is 13.5. The van der Waals surface area contributed by atoms with E-state index in [2.05, 4.69) is 48.5 Å². The highest BCUT2D eigenvalue weighted by Crippen LogP contribution is 2.45. The SMILES string of the molecule is N#Cc1cccc(-c2c(Cl)c3c4c(ccc3c3ccccc23)CCCC4)c1. The minimum Gasteiger partial charge on any atom is -0.192 e. The van der Waals surface area contributed by atoms with Crippen LogP contribution in [0, 0.1) is 11.3 Å². The van der Waals surface area contributed by atoms with E-state index in [9.17, 15) is 5.26 Å². The summed E-state index contributed by atoms with van der Waals surface area (Å²) in [5.41, 5.74) is 5.54.